The largest absolute Gasteiger partial charge is 0.352 e. The number of nitrogens with zero attached hydrogens (tertiary/aromatic N) is 3. The summed E-state index contributed by atoms with van der Waals surface area (Å²) in [5, 5.41) is 11.7. The molecule has 0 fully saturated rings. The molecule has 0 spiro atoms. The van der Waals surface area contributed by atoms with E-state index >= 15 is 0 Å². The van der Waals surface area contributed by atoms with Crippen molar-refractivity contribution in [3.63, 3.8) is 0 Å². The number of nitrogens with one attached hydrogen (secondary N) is 1. The fourth-order valence-electron chi connectivity index (χ4n) is 3.40. The Morgan fingerprint density at radius 1 is 0.968 bits per heavy atom. The maximum absolute atomic E-state index is 12.9. The molecule has 31 heavy (non-hydrogen) atoms. The van der Waals surface area contributed by atoms with Gasteiger partial charge < -0.3 is 9.88 Å². The van der Waals surface area contributed by atoms with Crippen LogP contribution in [0.4, 0.5) is 4.39 Å². The highest BCUT2D eigenvalue weighted by atomic mass is 32.2. The summed E-state index contributed by atoms with van der Waals surface area (Å²) in [6.45, 7) is 1.28. The molecule has 0 saturated carbocycles. The Morgan fingerprint density at radius 3 is 2.45 bits per heavy atom. The van der Waals surface area contributed by atoms with Crippen LogP contribution in [0.1, 0.15) is 42.0 Å². The van der Waals surface area contributed by atoms with Gasteiger partial charge in [-0.3, -0.25) is 4.79 Å². The number of halogens is 1. The Morgan fingerprint density at radius 2 is 1.71 bits per heavy atom. The Hall–Kier alpha value is -2.67. The average molecular weight is 441 g/mol. The summed E-state index contributed by atoms with van der Waals surface area (Å²) in [7, 11) is 0. The van der Waals surface area contributed by atoms with E-state index < -0.39 is 0 Å². The summed E-state index contributed by atoms with van der Waals surface area (Å²) in [4.78, 5) is 12.1. The maximum Gasteiger partial charge on any atom is 0.220 e. The van der Waals surface area contributed by atoms with Crippen molar-refractivity contribution in [2.75, 3.05) is 6.26 Å². The molecular weight excluding hydrogens is 411 g/mol. The Kier molecular flexibility index (Phi) is 9.09. The third-order valence-corrected chi connectivity index (χ3v) is 5.65. The predicted molar refractivity (Wildman–Crippen MR) is 123 cm³/mol. The number of aryl methyl sites for hydroxylation is 2. The van der Waals surface area contributed by atoms with Crippen LogP contribution in [0.2, 0.25) is 0 Å². The van der Waals surface area contributed by atoms with E-state index in [9.17, 15) is 9.18 Å². The topological polar surface area (TPSA) is 59.8 Å². The second kappa shape index (κ2) is 12.2. The maximum atomic E-state index is 12.9. The Bertz CT molecular complexity index is 944. The van der Waals surface area contributed by atoms with Gasteiger partial charge in [0.15, 0.2) is 0 Å². The van der Waals surface area contributed by atoms with Crippen LogP contribution in [-0.2, 0) is 36.5 Å². The van der Waals surface area contributed by atoms with Gasteiger partial charge in [0, 0.05) is 25.9 Å². The molecule has 0 unspecified atom stereocenters. The number of aromatic nitrogens is 3. The van der Waals surface area contributed by atoms with Crippen molar-refractivity contribution in [3.8, 4) is 0 Å². The number of hydrogen-bond donors (Lipinski definition) is 1. The third kappa shape index (κ3) is 7.51. The molecule has 7 heteroatoms. The second-order valence-corrected chi connectivity index (χ2v) is 8.33. The Balaban J connectivity index is 1.44. The van der Waals surface area contributed by atoms with Gasteiger partial charge in [-0.25, -0.2) is 4.39 Å². The molecule has 1 aromatic heterocycles. The first kappa shape index (κ1) is 23.0. The highest BCUT2D eigenvalue weighted by Gasteiger charge is 2.12. The minimum atomic E-state index is -0.271. The van der Waals surface area contributed by atoms with Crippen LogP contribution in [-0.4, -0.2) is 26.9 Å². The van der Waals surface area contributed by atoms with Crippen molar-refractivity contribution in [2.24, 2.45) is 0 Å². The number of hydrogen-bond acceptors (Lipinski definition) is 4. The highest BCUT2D eigenvalue weighted by Crippen LogP contribution is 2.14. The van der Waals surface area contributed by atoms with E-state index in [1.54, 1.807) is 23.9 Å². The van der Waals surface area contributed by atoms with E-state index in [0.717, 1.165) is 55.2 Å². The van der Waals surface area contributed by atoms with Gasteiger partial charge in [-0.2, -0.15) is 11.8 Å². The van der Waals surface area contributed by atoms with Crippen LogP contribution in [0.5, 0.6) is 0 Å². The highest BCUT2D eigenvalue weighted by molar-refractivity contribution is 7.97. The van der Waals surface area contributed by atoms with Gasteiger partial charge >= 0.3 is 0 Å². The van der Waals surface area contributed by atoms with Crippen molar-refractivity contribution in [1.29, 1.82) is 0 Å². The van der Waals surface area contributed by atoms with E-state index in [4.69, 9.17) is 0 Å². The van der Waals surface area contributed by atoms with Crippen LogP contribution < -0.4 is 5.32 Å². The smallest absolute Gasteiger partial charge is 0.220 e. The van der Waals surface area contributed by atoms with Gasteiger partial charge in [0.25, 0.3) is 0 Å². The van der Waals surface area contributed by atoms with Gasteiger partial charge in [0.2, 0.25) is 5.91 Å². The minimum Gasteiger partial charge on any atom is -0.352 e. The molecule has 5 nitrogen and oxygen atoms in total. The van der Waals surface area contributed by atoms with E-state index in [1.165, 1.54) is 17.7 Å². The van der Waals surface area contributed by atoms with E-state index in [1.807, 2.05) is 6.07 Å². The molecule has 164 valence electrons. The van der Waals surface area contributed by atoms with Crippen molar-refractivity contribution < 1.29 is 9.18 Å². The molecule has 0 radical (unpaired) electrons. The lowest BCUT2D eigenvalue weighted by Gasteiger charge is -2.10. The molecule has 0 aliphatic rings. The molecule has 0 bridgehead atoms. The van der Waals surface area contributed by atoms with Crippen LogP contribution in [0, 0.1) is 5.82 Å². The predicted octanol–water partition coefficient (Wildman–Crippen LogP) is 4.55. The molecular formula is C24H29FN4OS. The van der Waals surface area contributed by atoms with Gasteiger partial charge in [-0.15, -0.1) is 10.2 Å². The van der Waals surface area contributed by atoms with Gasteiger partial charge in [-0.05, 0) is 48.8 Å². The number of thioether (sulfide) groups is 1. The number of benzene rings is 2. The number of carbonyl (C=O) groups excluding carboxylic acids is 1. The molecule has 0 saturated heterocycles. The number of amides is 1. The minimum absolute atomic E-state index is 0.0120. The molecule has 0 aliphatic heterocycles. The normalized spacial score (nSPS) is 10.9. The third-order valence-electron chi connectivity index (χ3n) is 5.10. The number of unbranched alkanes of at least 4 members (excludes halogenated alkanes) is 1. The van der Waals surface area contributed by atoms with E-state index in [0.29, 0.717) is 13.0 Å². The summed E-state index contributed by atoms with van der Waals surface area (Å²) in [5.74, 6) is 2.58. The SMILES string of the molecule is CSCc1nnc(CCCCC(=O)NCc2ccc(F)cc2)n1CCc1ccccc1. The van der Waals surface area contributed by atoms with Gasteiger partial charge in [0.1, 0.15) is 17.5 Å². The fourth-order valence-corrected chi connectivity index (χ4v) is 3.87. The Labute approximate surface area is 187 Å². The second-order valence-electron chi connectivity index (χ2n) is 7.46. The monoisotopic (exact) mass is 440 g/mol. The van der Waals surface area contributed by atoms with Crippen molar-refractivity contribution in [3.05, 3.63) is 83.2 Å². The molecule has 3 aromatic rings. The quantitative estimate of drug-likeness (QED) is 0.420. The van der Waals surface area contributed by atoms with Crippen molar-refractivity contribution in [1.82, 2.24) is 20.1 Å². The van der Waals surface area contributed by atoms with E-state index in [-0.39, 0.29) is 11.7 Å². The van der Waals surface area contributed by atoms with E-state index in [2.05, 4.69) is 50.6 Å². The number of rotatable bonds is 12. The van der Waals surface area contributed by atoms with Gasteiger partial charge in [0.05, 0.1) is 5.75 Å². The van der Waals surface area contributed by atoms with Gasteiger partial charge in [-0.1, -0.05) is 42.5 Å². The van der Waals surface area contributed by atoms with Crippen LogP contribution in [0.15, 0.2) is 54.6 Å². The average Bonchev–Trinajstić information content (AvgIpc) is 3.17. The lowest BCUT2D eigenvalue weighted by molar-refractivity contribution is -0.121. The standard InChI is InChI=1S/C24H29FN4OS/c1-31-18-23-28-27-22(29(23)16-15-19-7-3-2-4-8-19)9-5-6-10-24(30)26-17-20-11-13-21(25)14-12-20/h2-4,7-8,11-14H,5-6,9-10,15-18H2,1H3,(H,26,30). The molecule has 1 N–H and O–H groups in total. The lowest BCUT2D eigenvalue weighted by atomic mass is 10.1. The summed E-state index contributed by atoms with van der Waals surface area (Å²) >= 11 is 1.74. The molecule has 3 rings (SSSR count). The molecule has 1 amide bonds. The summed E-state index contributed by atoms with van der Waals surface area (Å²) in [5.41, 5.74) is 2.19. The first-order valence-corrected chi connectivity index (χ1v) is 12.0. The zero-order valence-electron chi connectivity index (χ0n) is 17.9. The molecule has 0 aliphatic carbocycles. The molecule has 0 atom stereocenters. The fraction of sp³-hybridized carbons (Fsp3) is 0.375. The van der Waals surface area contributed by atoms with Crippen molar-refractivity contribution in [2.45, 2.75) is 50.9 Å². The lowest BCUT2D eigenvalue weighted by Crippen LogP contribution is -2.22. The van der Waals surface area contributed by atoms with Crippen molar-refractivity contribution >= 4 is 17.7 Å². The number of carbonyl (C=O) groups is 1. The molecule has 1 heterocycles. The summed E-state index contributed by atoms with van der Waals surface area (Å²) in [6, 6.07) is 16.6. The summed E-state index contributed by atoms with van der Waals surface area (Å²) in [6.07, 6.45) is 5.96. The summed E-state index contributed by atoms with van der Waals surface area (Å²) < 4.78 is 15.2. The zero-order chi connectivity index (χ0) is 21.9. The van der Waals surface area contributed by atoms with Crippen LogP contribution in [0.3, 0.4) is 0 Å². The first-order chi connectivity index (χ1) is 15.2. The zero-order valence-corrected chi connectivity index (χ0v) is 18.7. The van der Waals surface area contributed by atoms with Crippen LogP contribution >= 0.6 is 11.8 Å². The molecule has 2 aromatic carbocycles. The first-order valence-electron chi connectivity index (χ1n) is 10.6. The van der Waals surface area contributed by atoms with Crippen LogP contribution in [0.25, 0.3) is 0 Å².